The van der Waals surface area contributed by atoms with E-state index in [1.54, 1.807) is 56.3 Å². The molecule has 2 aromatic rings. The molecule has 0 aliphatic rings. The molecule has 0 amide bonds. The summed E-state index contributed by atoms with van der Waals surface area (Å²) in [4.78, 5) is 23.7. The lowest BCUT2D eigenvalue weighted by atomic mass is 9.86. The molecule has 4 N–H and O–H groups in total. The normalized spacial score (nSPS) is 10.7. The molecular weight excluding hydrogens is 314 g/mol. The first-order valence-electron chi connectivity index (χ1n) is 6.93. The Morgan fingerprint density at radius 1 is 1.04 bits per heavy atom. The zero-order valence-electron chi connectivity index (χ0n) is 13.2. The summed E-state index contributed by atoms with van der Waals surface area (Å²) in [5.74, 6) is -0.275. The van der Waals surface area contributed by atoms with Crippen LogP contribution in [0.15, 0.2) is 48.5 Å². The molecule has 0 aliphatic heterocycles. The van der Waals surface area contributed by atoms with E-state index in [4.69, 9.17) is 11.6 Å². The Kier molecular flexibility index (Phi) is 6.07. The van der Waals surface area contributed by atoms with Crippen LogP contribution in [0.2, 0.25) is 0 Å². The minimum Gasteiger partial charge on any atom is -0.507 e. The molecule has 0 heterocycles. The first-order chi connectivity index (χ1) is 10.3. The minimum absolute atomic E-state index is 0. The van der Waals surface area contributed by atoms with Crippen molar-refractivity contribution in [2.45, 2.75) is 20.3 Å². The van der Waals surface area contributed by atoms with Gasteiger partial charge in [0.2, 0.25) is 5.24 Å². The number of carbonyl (C=O) groups excluding carboxylic acids is 2. The van der Waals surface area contributed by atoms with Crippen molar-refractivity contribution >= 4 is 22.6 Å². The van der Waals surface area contributed by atoms with Gasteiger partial charge in [0, 0.05) is 11.0 Å². The van der Waals surface area contributed by atoms with E-state index in [9.17, 15) is 14.7 Å². The fourth-order valence-corrected chi connectivity index (χ4v) is 2.24. The van der Waals surface area contributed by atoms with Gasteiger partial charge in [0.05, 0.1) is 5.56 Å². The first-order valence-corrected chi connectivity index (χ1v) is 7.30. The number of benzene rings is 2. The fraction of sp³-hybridized carbons (Fsp3) is 0.222. The molecular formula is C18H20ClNO3. The lowest BCUT2D eigenvalue weighted by molar-refractivity contribution is -0.118. The molecule has 0 spiro atoms. The van der Waals surface area contributed by atoms with E-state index < -0.39 is 5.41 Å². The highest BCUT2D eigenvalue weighted by atomic mass is 35.5. The van der Waals surface area contributed by atoms with E-state index in [0.29, 0.717) is 12.0 Å². The van der Waals surface area contributed by atoms with Gasteiger partial charge in [-0.05, 0) is 35.7 Å². The number of phenols is 1. The van der Waals surface area contributed by atoms with Crippen LogP contribution in [0.5, 0.6) is 5.75 Å². The number of phenolic OH excluding ortho intramolecular Hbond substituents is 1. The summed E-state index contributed by atoms with van der Waals surface area (Å²) in [6.45, 7) is 3.56. The van der Waals surface area contributed by atoms with Crippen molar-refractivity contribution in [3.63, 3.8) is 0 Å². The predicted molar refractivity (Wildman–Crippen MR) is 91.3 cm³/mol. The zero-order valence-corrected chi connectivity index (χ0v) is 13.9. The van der Waals surface area contributed by atoms with Gasteiger partial charge in [-0.15, -0.1) is 0 Å². The highest BCUT2D eigenvalue weighted by Crippen LogP contribution is 2.26. The Balaban J connectivity index is 0.00000264. The van der Waals surface area contributed by atoms with Gasteiger partial charge >= 0.3 is 0 Å². The molecule has 0 saturated carbocycles. The third kappa shape index (κ3) is 4.41. The Morgan fingerprint density at radius 3 is 2.13 bits per heavy atom. The van der Waals surface area contributed by atoms with Gasteiger partial charge in [-0.1, -0.05) is 50.2 Å². The lowest BCUT2D eigenvalue weighted by Crippen LogP contribution is -2.22. The number of para-hydroxylation sites is 1. The van der Waals surface area contributed by atoms with Crippen molar-refractivity contribution in [2.75, 3.05) is 0 Å². The predicted octanol–water partition coefficient (Wildman–Crippen LogP) is 4.12. The molecule has 0 aromatic heterocycles. The van der Waals surface area contributed by atoms with Crippen molar-refractivity contribution < 1.29 is 14.7 Å². The fourth-order valence-electron chi connectivity index (χ4n) is 2.17. The van der Waals surface area contributed by atoms with Gasteiger partial charge in [0.1, 0.15) is 5.75 Å². The molecule has 0 aliphatic carbocycles. The van der Waals surface area contributed by atoms with Crippen LogP contribution in [0.25, 0.3) is 0 Å². The third-order valence-electron chi connectivity index (χ3n) is 3.54. The second-order valence-electron chi connectivity index (χ2n) is 5.88. The highest BCUT2D eigenvalue weighted by Gasteiger charge is 2.26. The smallest absolute Gasteiger partial charge is 0.227 e. The summed E-state index contributed by atoms with van der Waals surface area (Å²) in [6.07, 6.45) is 0.500. The SMILES string of the molecule is CC(C)(Cc1ccc(C(=O)c2ccccc2O)cc1)C(=O)Cl.N. The van der Waals surface area contributed by atoms with E-state index in [-0.39, 0.29) is 28.5 Å². The van der Waals surface area contributed by atoms with E-state index in [0.717, 1.165) is 5.56 Å². The highest BCUT2D eigenvalue weighted by molar-refractivity contribution is 6.64. The molecule has 4 nitrogen and oxygen atoms in total. The van der Waals surface area contributed by atoms with Crippen LogP contribution in [0.4, 0.5) is 0 Å². The lowest BCUT2D eigenvalue weighted by Gasteiger charge is -2.19. The molecule has 5 heteroatoms. The van der Waals surface area contributed by atoms with E-state index >= 15 is 0 Å². The molecule has 0 radical (unpaired) electrons. The zero-order chi connectivity index (χ0) is 16.3. The quantitative estimate of drug-likeness (QED) is 0.636. The Hall–Kier alpha value is -2.17. The number of halogens is 1. The number of hydrogen-bond acceptors (Lipinski definition) is 4. The molecule has 0 unspecified atom stereocenters. The van der Waals surface area contributed by atoms with Crippen LogP contribution in [0.3, 0.4) is 0 Å². The van der Waals surface area contributed by atoms with Gasteiger partial charge < -0.3 is 11.3 Å². The standard InChI is InChI=1S/C18H17ClO3.H3N/c1-18(2,17(19)22)11-12-7-9-13(10-8-12)16(21)14-5-3-4-6-15(14)20;/h3-10,20H,11H2,1-2H3;1H3. The van der Waals surface area contributed by atoms with E-state index in [1.807, 2.05) is 0 Å². The number of aromatic hydroxyl groups is 1. The second kappa shape index (κ2) is 7.40. The Morgan fingerprint density at radius 2 is 1.61 bits per heavy atom. The summed E-state index contributed by atoms with van der Waals surface area (Å²) >= 11 is 5.58. The van der Waals surface area contributed by atoms with Gasteiger partial charge in [-0.2, -0.15) is 0 Å². The summed E-state index contributed by atoms with van der Waals surface area (Å²) in [6, 6.07) is 13.4. The first kappa shape index (κ1) is 18.9. The Labute approximate surface area is 140 Å². The summed E-state index contributed by atoms with van der Waals surface area (Å²) < 4.78 is 0. The van der Waals surface area contributed by atoms with Crippen molar-refractivity contribution in [2.24, 2.45) is 5.41 Å². The topological polar surface area (TPSA) is 89.4 Å². The summed E-state index contributed by atoms with van der Waals surface area (Å²) in [7, 11) is 0. The van der Waals surface area contributed by atoms with Crippen LogP contribution in [-0.2, 0) is 11.2 Å². The molecule has 0 saturated heterocycles. The maximum atomic E-state index is 12.3. The van der Waals surface area contributed by atoms with Crippen molar-refractivity contribution in [3.8, 4) is 5.75 Å². The van der Waals surface area contributed by atoms with Crippen molar-refractivity contribution in [1.82, 2.24) is 6.15 Å². The molecule has 2 rings (SSSR count). The minimum atomic E-state index is -0.648. The number of carbonyl (C=O) groups is 2. The van der Waals surface area contributed by atoms with E-state index in [1.165, 1.54) is 6.07 Å². The maximum absolute atomic E-state index is 12.3. The van der Waals surface area contributed by atoms with Gasteiger partial charge in [0.25, 0.3) is 0 Å². The van der Waals surface area contributed by atoms with Crippen LogP contribution in [-0.4, -0.2) is 16.1 Å². The maximum Gasteiger partial charge on any atom is 0.227 e. The van der Waals surface area contributed by atoms with Crippen molar-refractivity contribution in [1.29, 1.82) is 0 Å². The molecule has 0 bridgehead atoms. The van der Waals surface area contributed by atoms with Gasteiger partial charge in [0.15, 0.2) is 5.78 Å². The average Bonchev–Trinajstić information content (AvgIpc) is 2.47. The van der Waals surface area contributed by atoms with Crippen LogP contribution >= 0.6 is 11.6 Å². The summed E-state index contributed by atoms with van der Waals surface area (Å²) in [5.41, 5.74) is 1.03. The molecule has 2 aromatic carbocycles. The molecule has 0 fully saturated rings. The van der Waals surface area contributed by atoms with Gasteiger partial charge in [-0.25, -0.2) is 0 Å². The van der Waals surface area contributed by atoms with Crippen molar-refractivity contribution in [3.05, 3.63) is 65.2 Å². The van der Waals surface area contributed by atoms with E-state index in [2.05, 4.69) is 0 Å². The summed E-state index contributed by atoms with van der Waals surface area (Å²) in [5, 5.41) is 9.35. The molecule has 0 atom stereocenters. The number of hydrogen-bond donors (Lipinski definition) is 2. The molecule has 23 heavy (non-hydrogen) atoms. The Bertz CT molecular complexity index is 708. The van der Waals surface area contributed by atoms with Crippen LogP contribution in [0.1, 0.15) is 35.3 Å². The third-order valence-corrected chi connectivity index (χ3v) is 4.05. The average molecular weight is 334 g/mol. The largest absolute Gasteiger partial charge is 0.507 e. The number of ketones is 1. The van der Waals surface area contributed by atoms with Crippen LogP contribution < -0.4 is 6.15 Å². The van der Waals surface area contributed by atoms with Crippen LogP contribution in [0, 0.1) is 5.41 Å². The molecule has 122 valence electrons. The monoisotopic (exact) mass is 333 g/mol. The number of rotatable bonds is 5. The van der Waals surface area contributed by atoms with Gasteiger partial charge in [-0.3, -0.25) is 9.59 Å². The second-order valence-corrected chi connectivity index (χ2v) is 6.22.